The van der Waals surface area contributed by atoms with E-state index in [9.17, 15) is 27.9 Å². The van der Waals surface area contributed by atoms with E-state index in [1.54, 1.807) is 13.8 Å². The molecule has 2 amide bonds. The van der Waals surface area contributed by atoms with E-state index in [0.29, 0.717) is 13.1 Å². The number of amides is 2. The van der Waals surface area contributed by atoms with Crippen LogP contribution in [-0.2, 0) is 11.0 Å². The molecule has 1 aromatic rings. The van der Waals surface area contributed by atoms with Crippen LogP contribution in [0.3, 0.4) is 0 Å². The van der Waals surface area contributed by atoms with Crippen LogP contribution in [0.5, 0.6) is 0 Å². The fraction of sp³-hybridized carbons (Fsp3) is 0.636. The van der Waals surface area contributed by atoms with Crippen LogP contribution in [0.4, 0.5) is 13.2 Å². The number of β-amino-alcohol motifs (C(OH)–C–C–N with tert-alkyl or cyclic N) is 1. The van der Waals surface area contributed by atoms with E-state index in [2.05, 4.69) is 25.6 Å². The Balaban J connectivity index is 1.39. The number of aliphatic hydroxyl groups is 1. The summed E-state index contributed by atoms with van der Waals surface area (Å²) in [5.41, 5.74) is -1.78. The molecule has 33 heavy (non-hydrogen) atoms. The van der Waals surface area contributed by atoms with Gasteiger partial charge in [0.1, 0.15) is 0 Å². The fourth-order valence-electron chi connectivity index (χ4n) is 4.22. The highest BCUT2D eigenvalue weighted by Crippen LogP contribution is 2.29. The predicted octanol–water partition coefficient (Wildman–Crippen LogP) is 0.929. The smallest absolute Gasteiger partial charge is 0.389 e. The topological polar surface area (TPSA) is 88.2 Å². The Labute approximate surface area is 191 Å². The fourth-order valence-corrected chi connectivity index (χ4v) is 4.22. The third-order valence-corrected chi connectivity index (χ3v) is 5.75. The summed E-state index contributed by atoms with van der Waals surface area (Å²) in [5, 5.41) is 19.7. The number of hydrogen-bond donors (Lipinski definition) is 3. The van der Waals surface area contributed by atoms with Crippen LogP contribution >= 0.6 is 0 Å². The van der Waals surface area contributed by atoms with Crippen LogP contribution in [-0.4, -0.2) is 95.8 Å². The molecule has 3 N–H and O–H groups in total. The van der Waals surface area contributed by atoms with Crippen molar-refractivity contribution in [1.82, 2.24) is 25.6 Å². The molecule has 3 rings (SSSR count). The molecule has 1 atom stereocenters. The number of alkyl halides is 3. The van der Waals surface area contributed by atoms with Crippen LogP contribution < -0.4 is 10.6 Å². The molecule has 0 saturated carbocycles. The number of rotatable bonds is 7. The molecule has 2 fully saturated rings. The molecule has 1 aromatic carbocycles. The Morgan fingerprint density at radius 3 is 2.42 bits per heavy atom. The van der Waals surface area contributed by atoms with Crippen molar-refractivity contribution in [3.05, 3.63) is 35.4 Å². The van der Waals surface area contributed by atoms with Gasteiger partial charge < -0.3 is 15.7 Å². The van der Waals surface area contributed by atoms with Crippen molar-refractivity contribution < 1.29 is 27.9 Å². The maximum absolute atomic E-state index is 12.8. The van der Waals surface area contributed by atoms with E-state index in [1.807, 2.05) is 0 Å². The monoisotopic (exact) mass is 471 g/mol. The summed E-state index contributed by atoms with van der Waals surface area (Å²) < 4.78 is 38.4. The minimum absolute atomic E-state index is 0.0580. The Morgan fingerprint density at radius 2 is 1.79 bits per heavy atom. The van der Waals surface area contributed by atoms with Gasteiger partial charge in [0.05, 0.1) is 17.7 Å². The van der Waals surface area contributed by atoms with Crippen molar-refractivity contribution in [3.8, 4) is 0 Å². The number of benzene rings is 1. The van der Waals surface area contributed by atoms with E-state index in [4.69, 9.17) is 0 Å². The molecular weight excluding hydrogens is 439 g/mol. The van der Waals surface area contributed by atoms with Crippen LogP contribution in [0, 0.1) is 0 Å². The van der Waals surface area contributed by atoms with Gasteiger partial charge in [0, 0.05) is 57.4 Å². The van der Waals surface area contributed by atoms with Crippen LogP contribution in [0.1, 0.15) is 36.2 Å². The number of nitrogens with zero attached hydrogens (tertiary/aromatic N) is 3. The molecule has 11 heteroatoms. The minimum Gasteiger partial charge on any atom is -0.389 e. The highest BCUT2D eigenvalue weighted by Gasteiger charge is 2.32. The van der Waals surface area contributed by atoms with Crippen molar-refractivity contribution in [1.29, 1.82) is 0 Å². The molecule has 0 bridgehead atoms. The van der Waals surface area contributed by atoms with Crippen LogP contribution in [0.15, 0.2) is 24.3 Å². The van der Waals surface area contributed by atoms with Gasteiger partial charge in [0.15, 0.2) is 0 Å². The lowest BCUT2D eigenvalue weighted by atomic mass is 10.1. The second-order valence-corrected chi connectivity index (χ2v) is 9.27. The van der Waals surface area contributed by atoms with Gasteiger partial charge in [-0.1, -0.05) is 6.07 Å². The largest absolute Gasteiger partial charge is 0.416 e. The van der Waals surface area contributed by atoms with Gasteiger partial charge >= 0.3 is 6.18 Å². The van der Waals surface area contributed by atoms with Crippen LogP contribution in [0.25, 0.3) is 0 Å². The average molecular weight is 472 g/mol. The Kier molecular flexibility index (Phi) is 7.99. The van der Waals surface area contributed by atoms with Crippen molar-refractivity contribution in [2.75, 3.05) is 52.4 Å². The Hall–Kier alpha value is -2.21. The Bertz CT molecular complexity index is 835. The van der Waals surface area contributed by atoms with Crippen molar-refractivity contribution in [3.63, 3.8) is 0 Å². The molecule has 2 aliphatic heterocycles. The number of carbonyl (C=O) groups excluding carboxylic acids is 2. The normalized spacial score (nSPS) is 21.2. The SMILES string of the molecule is CC(C)(O)CN1CCN(N2CC[C@@H](NC(=O)CNC(=O)c3cccc(C(F)(F)F)c3)C2)CC1. The standard InChI is InChI=1S/C22H32F3N5O3/c1-21(2,33)15-28-8-10-29(11-9-28)30-7-6-18(14-30)27-19(31)13-26-20(32)16-4-3-5-17(12-16)22(23,24)25/h3-5,12,18,33H,6-11,13-15H2,1-2H3,(H,26,32)(H,27,31)/t18-/m1/s1. The second kappa shape index (κ2) is 10.4. The third-order valence-electron chi connectivity index (χ3n) is 5.75. The van der Waals surface area contributed by atoms with Crippen molar-refractivity contribution in [2.24, 2.45) is 0 Å². The molecule has 8 nitrogen and oxygen atoms in total. The zero-order valence-electron chi connectivity index (χ0n) is 19.0. The number of hydrogen-bond acceptors (Lipinski definition) is 6. The first-order valence-corrected chi connectivity index (χ1v) is 11.1. The molecule has 2 aliphatic rings. The summed E-state index contributed by atoms with van der Waals surface area (Å²) in [6, 6.07) is 4.04. The first-order valence-electron chi connectivity index (χ1n) is 11.1. The molecule has 0 spiro atoms. The quantitative estimate of drug-likeness (QED) is 0.549. The lowest BCUT2D eigenvalue weighted by Crippen LogP contribution is -2.55. The first kappa shape index (κ1) is 25.4. The van der Waals surface area contributed by atoms with Gasteiger partial charge in [0.2, 0.25) is 5.91 Å². The summed E-state index contributed by atoms with van der Waals surface area (Å²) >= 11 is 0. The number of nitrogens with one attached hydrogen (secondary N) is 2. The molecular formula is C22H32F3N5O3. The number of carbonyl (C=O) groups is 2. The Morgan fingerprint density at radius 1 is 1.09 bits per heavy atom. The summed E-state index contributed by atoms with van der Waals surface area (Å²) in [4.78, 5) is 26.6. The number of hydrazine groups is 1. The molecule has 0 aromatic heterocycles. The maximum Gasteiger partial charge on any atom is 0.416 e. The van der Waals surface area contributed by atoms with E-state index in [0.717, 1.165) is 57.3 Å². The molecule has 184 valence electrons. The van der Waals surface area contributed by atoms with Gasteiger partial charge in [-0.25, -0.2) is 10.0 Å². The van der Waals surface area contributed by atoms with E-state index in [-0.39, 0.29) is 24.1 Å². The van der Waals surface area contributed by atoms with Gasteiger partial charge in [-0.05, 0) is 38.5 Å². The van der Waals surface area contributed by atoms with E-state index < -0.39 is 23.2 Å². The number of halogens is 3. The zero-order valence-corrected chi connectivity index (χ0v) is 19.0. The van der Waals surface area contributed by atoms with Crippen molar-refractivity contribution >= 4 is 11.8 Å². The van der Waals surface area contributed by atoms with Crippen molar-refractivity contribution in [2.45, 2.75) is 38.1 Å². The minimum atomic E-state index is -4.54. The van der Waals surface area contributed by atoms with Gasteiger partial charge in [-0.3, -0.25) is 14.5 Å². The van der Waals surface area contributed by atoms with E-state index in [1.165, 1.54) is 6.07 Å². The molecule has 0 aliphatic carbocycles. The number of piperazine rings is 1. The van der Waals surface area contributed by atoms with E-state index >= 15 is 0 Å². The summed E-state index contributed by atoms with van der Waals surface area (Å²) in [5.74, 6) is -1.11. The lowest BCUT2D eigenvalue weighted by molar-refractivity contribution is -0.137. The molecule has 2 heterocycles. The first-order chi connectivity index (χ1) is 15.4. The highest BCUT2D eigenvalue weighted by molar-refractivity contribution is 5.96. The summed E-state index contributed by atoms with van der Waals surface area (Å²) in [6.07, 6.45) is -3.76. The zero-order chi connectivity index (χ0) is 24.2. The molecule has 0 unspecified atom stereocenters. The molecule has 2 saturated heterocycles. The summed E-state index contributed by atoms with van der Waals surface area (Å²) in [6.45, 7) is 8.83. The van der Waals surface area contributed by atoms with Crippen LogP contribution in [0.2, 0.25) is 0 Å². The van der Waals surface area contributed by atoms with Gasteiger partial charge in [-0.2, -0.15) is 13.2 Å². The average Bonchev–Trinajstić information content (AvgIpc) is 3.19. The maximum atomic E-state index is 12.8. The highest BCUT2D eigenvalue weighted by atomic mass is 19.4. The summed E-state index contributed by atoms with van der Waals surface area (Å²) in [7, 11) is 0. The van der Waals surface area contributed by atoms with Gasteiger partial charge in [-0.15, -0.1) is 0 Å². The second-order valence-electron chi connectivity index (χ2n) is 9.27. The molecule has 0 radical (unpaired) electrons. The predicted molar refractivity (Wildman–Crippen MR) is 116 cm³/mol. The third kappa shape index (κ3) is 7.66. The lowest BCUT2D eigenvalue weighted by Gasteiger charge is -2.41. The van der Waals surface area contributed by atoms with Gasteiger partial charge in [0.25, 0.3) is 5.91 Å².